The van der Waals surface area contributed by atoms with Crippen LogP contribution in [0.25, 0.3) is 11.1 Å². The number of carboxylic acids is 1. The van der Waals surface area contributed by atoms with Crippen molar-refractivity contribution in [1.29, 1.82) is 0 Å². The molecule has 0 radical (unpaired) electrons. The maximum Gasteiger partial charge on any atom is 0.408 e. The third-order valence-electron chi connectivity index (χ3n) is 6.26. The molecule has 0 aliphatic heterocycles. The van der Waals surface area contributed by atoms with Crippen molar-refractivity contribution in [2.45, 2.75) is 36.8 Å². The molecule has 1 fully saturated rings. The molecule has 2 amide bonds. The van der Waals surface area contributed by atoms with E-state index >= 15 is 0 Å². The number of amides is 2. The van der Waals surface area contributed by atoms with Crippen molar-refractivity contribution in [3.63, 3.8) is 0 Å². The van der Waals surface area contributed by atoms with Gasteiger partial charge in [0, 0.05) is 13.0 Å². The van der Waals surface area contributed by atoms with Crippen LogP contribution in [0.5, 0.6) is 0 Å². The van der Waals surface area contributed by atoms with Crippen LogP contribution in [0.1, 0.15) is 36.3 Å². The van der Waals surface area contributed by atoms with Crippen LogP contribution in [-0.2, 0) is 19.1 Å². The number of carbonyl (C=O) groups excluding carboxylic acids is 2. The molecule has 2 aromatic rings. The SMILES string of the molecule is COCC(NC(=O)C1(NC(=O)OCC2c3ccccc3-c3ccccc32)CCC1)C(=O)O. The number of methoxy groups -OCH3 is 1. The largest absolute Gasteiger partial charge is 0.480 e. The number of ether oxygens (including phenoxy) is 2. The van der Waals surface area contributed by atoms with Crippen molar-refractivity contribution < 1.29 is 29.0 Å². The molecular formula is C24H26N2O6. The number of fused-ring (bicyclic) bond motifs is 3. The van der Waals surface area contributed by atoms with Gasteiger partial charge in [-0.15, -0.1) is 0 Å². The van der Waals surface area contributed by atoms with Gasteiger partial charge in [0.25, 0.3) is 0 Å². The van der Waals surface area contributed by atoms with Crippen LogP contribution >= 0.6 is 0 Å². The van der Waals surface area contributed by atoms with Gasteiger partial charge in [0.15, 0.2) is 6.04 Å². The Morgan fingerprint density at radius 1 is 1.06 bits per heavy atom. The first-order valence-electron chi connectivity index (χ1n) is 10.6. The smallest absolute Gasteiger partial charge is 0.408 e. The maximum atomic E-state index is 12.8. The van der Waals surface area contributed by atoms with Gasteiger partial charge in [0.2, 0.25) is 5.91 Å². The second kappa shape index (κ2) is 9.00. The Morgan fingerprint density at radius 3 is 2.16 bits per heavy atom. The van der Waals surface area contributed by atoms with E-state index in [1.54, 1.807) is 0 Å². The Labute approximate surface area is 185 Å². The summed E-state index contributed by atoms with van der Waals surface area (Å²) in [6.07, 6.45) is 0.893. The van der Waals surface area contributed by atoms with E-state index in [1.165, 1.54) is 7.11 Å². The number of alkyl carbamates (subject to hydrolysis) is 1. The van der Waals surface area contributed by atoms with E-state index in [0.717, 1.165) is 28.7 Å². The van der Waals surface area contributed by atoms with Crippen molar-refractivity contribution in [3.8, 4) is 11.1 Å². The highest BCUT2D eigenvalue weighted by Crippen LogP contribution is 2.44. The van der Waals surface area contributed by atoms with E-state index < -0.39 is 29.6 Å². The molecule has 1 unspecified atom stereocenters. The first-order chi connectivity index (χ1) is 15.4. The van der Waals surface area contributed by atoms with Gasteiger partial charge in [0.1, 0.15) is 12.1 Å². The number of hydrogen-bond acceptors (Lipinski definition) is 5. The van der Waals surface area contributed by atoms with Gasteiger partial charge in [-0.05, 0) is 41.5 Å². The summed E-state index contributed by atoms with van der Waals surface area (Å²) in [5.74, 6) is -1.82. The molecule has 8 nitrogen and oxygen atoms in total. The molecule has 2 aliphatic carbocycles. The lowest BCUT2D eigenvalue weighted by atomic mass is 9.76. The lowest BCUT2D eigenvalue weighted by Crippen LogP contribution is -2.65. The molecule has 0 bridgehead atoms. The minimum atomic E-state index is -1.20. The Balaban J connectivity index is 1.41. The monoisotopic (exact) mass is 438 g/mol. The zero-order valence-electron chi connectivity index (χ0n) is 17.8. The lowest BCUT2D eigenvalue weighted by molar-refractivity contribution is -0.145. The van der Waals surface area contributed by atoms with Crippen LogP contribution in [0.3, 0.4) is 0 Å². The van der Waals surface area contributed by atoms with E-state index in [4.69, 9.17) is 9.47 Å². The van der Waals surface area contributed by atoms with E-state index in [9.17, 15) is 19.5 Å². The number of rotatable bonds is 8. The number of benzene rings is 2. The van der Waals surface area contributed by atoms with Crippen LogP contribution in [0, 0.1) is 0 Å². The molecule has 1 saturated carbocycles. The highest BCUT2D eigenvalue weighted by molar-refractivity contribution is 5.93. The van der Waals surface area contributed by atoms with Crippen LogP contribution in [0.4, 0.5) is 4.79 Å². The second-order valence-corrected chi connectivity index (χ2v) is 8.21. The van der Waals surface area contributed by atoms with Crippen molar-refractivity contribution in [3.05, 3.63) is 59.7 Å². The summed E-state index contributed by atoms with van der Waals surface area (Å²) in [7, 11) is 1.36. The van der Waals surface area contributed by atoms with E-state index in [0.29, 0.717) is 12.8 Å². The summed E-state index contributed by atoms with van der Waals surface area (Å²) in [6.45, 7) is -0.0267. The molecule has 8 heteroatoms. The van der Waals surface area contributed by atoms with Gasteiger partial charge in [0.05, 0.1) is 6.61 Å². The zero-order chi connectivity index (χ0) is 22.7. The molecule has 0 saturated heterocycles. The first-order valence-corrected chi connectivity index (χ1v) is 10.6. The summed E-state index contributed by atoms with van der Waals surface area (Å²) >= 11 is 0. The summed E-state index contributed by atoms with van der Waals surface area (Å²) < 4.78 is 10.4. The predicted molar refractivity (Wildman–Crippen MR) is 116 cm³/mol. The van der Waals surface area contributed by atoms with Gasteiger partial charge in [-0.2, -0.15) is 0 Å². The Bertz CT molecular complexity index is 987. The lowest BCUT2D eigenvalue weighted by Gasteiger charge is -2.40. The van der Waals surface area contributed by atoms with Crippen LogP contribution in [0.15, 0.2) is 48.5 Å². The number of carbonyl (C=O) groups is 3. The minimum absolute atomic E-state index is 0.0857. The highest BCUT2D eigenvalue weighted by atomic mass is 16.5. The fourth-order valence-electron chi connectivity index (χ4n) is 4.41. The fraction of sp³-hybridized carbons (Fsp3) is 0.375. The van der Waals surface area contributed by atoms with Crippen LogP contribution < -0.4 is 10.6 Å². The quantitative estimate of drug-likeness (QED) is 0.584. The van der Waals surface area contributed by atoms with Gasteiger partial charge < -0.3 is 25.2 Å². The van der Waals surface area contributed by atoms with Gasteiger partial charge in [-0.1, -0.05) is 48.5 Å². The first kappa shape index (κ1) is 21.8. The number of aliphatic carboxylic acids is 1. The average molecular weight is 438 g/mol. The van der Waals surface area contributed by atoms with Crippen molar-refractivity contribution in [1.82, 2.24) is 10.6 Å². The number of carboxylic acid groups (broad SMARTS) is 1. The van der Waals surface area contributed by atoms with E-state index in [-0.39, 0.29) is 19.1 Å². The van der Waals surface area contributed by atoms with Gasteiger partial charge in [-0.25, -0.2) is 9.59 Å². The normalized spacial score (nSPS) is 16.8. The molecule has 0 aromatic heterocycles. The molecule has 2 aliphatic rings. The van der Waals surface area contributed by atoms with Crippen molar-refractivity contribution in [2.24, 2.45) is 0 Å². The summed E-state index contributed by atoms with van der Waals surface area (Å²) in [5, 5.41) is 14.4. The van der Waals surface area contributed by atoms with Crippen LogP contribution in [0.2, 0.25) is 0 Å². The van der Waals surface area contributed by atoms with Gasteiger partial charge in [-0.3, -0.25) is 4.79 Å². The van der Waals surface area contributed by atoms with Crippen molar-refractivity contribution in [2.75, 3.05) is 20.3 Å². The topological polar surface area (TPSA) is 114 Å². The van der Waals surface area contributed by atoms with Crippen LogP contribution in [-0.4, -0.2) is 55.0 Å². The molecule has 0 heterocycles. The number of nitrogens with one attached hydrogen (secondary N) is 2. The van der Waals surface area contributed by atoms with E-state index in [2.05, 4.69) is 22.8 Å². The molecule has 4 rings (SSSR count). The fourth-order valence-corrected chi connectivity index (χ4v) is 4.41. The predicted octanol–water partition coefficient (Wildman–Crippen LogP) is 2.66. The van der Waals surface area contributed by atoms with Crippen molar-refractivity contribution >= 4 is 18.0 Å². The third kappa shape index (κ3) is 4.05. The standard InChI is InChI=1S/C24H26N2O6/c1-31-14-20(21(27)28)25-22(29)24(11-6-12-24)26-23(30)32-13-19-17-9-4-2-7-15(17)16-8-3-5-10-18(16)19/h2-5,7-10,19-20H,6,11-14H2,1H3,(H,25,29)(H,26,30)(H,27,28). The zero-order valence-corrected chi connectivity index (χ0v) is 17.8. The molecule has 2 aromatic carbocycles. The summed E-state index contributed by atoms with van der Waals surface area (Å²) in [5.41, 5.74) is 3.29. The molecule has 0 spiro atoms. The summed E-state index contributed by atoms with van der Waals surface area (Å²) in [4.78, 5) is 36.7. The minimum Gasteiger partial charge on any atom is -0.480 e. The Kier molecular flexibility index (Phi) is 6.14. The molecule has 3 N–H and O–H groups in total. The molecule has 32 heavy (non-hydrogen) atoms. The number of hydrogen-bond donors (Lipinski definition) is 3. The molecule has 168 valence electrons. The molecule has 1 atom stereocenters. The second-order valence-electron chi connectivity index (χ2n) is 8.21. The van der Waals surface area contributed by atoms with Gasteiger partial charge >= 0.3 is 12.1 Å². The Morgan fingerprint density at radius 2 is 1.66 bits per heavy atom. The Hall–Kier alpha value is -3.39. The van der Waals surface area contributed by atoms with E-state index in [1.807, 2.05) is 36.4 Å². The summed E-state index contributed by atoms with van der Waals surface area (Å²) in [6, 6.07) is 14.9. The average Bonchev–Trinajstić information content (AvgIpc) is 3.08. The highest BCUT2D eigenvalue weighted by Gasteiger charge is 2.47. The third-order valence-corrected chi connectivity index (χ3v) is 6.26. The molecular weight excluding hydrogens is 412 g/mol. The maximum absolute atomic E-state index is 12.8.